The third kappa shape index (κ3) is 3.31. The van der Waals surface area contributed by atoms with Gasteiger partial charge in [0.15, 0.2) is 0 Å². The van der Waals surface area contributed by atoms with Crippen molar-refractivity contribution < 1.29 is 9.59 Å². The minimum Gasteiger partial charge on any atom is -0.342 e. The molecule has 2 aliphatic heterocycles. The van der Waals surface area contributed by atoms with Gasteiger partial charge in [0, 0.05) is 26.2 Å². The molecule has 0 aromatic heterocycles. The minimum absolute atomic E-state index is 0.165. The lowest BCUT2D eigenvalue weighted by Gasteiger charge is -2.39. The number of likely N-dealkylation sites (tertiary alicyclic amines) is 2. The predicted octanol–water partition coefficient (Wildman–Crippen LogP) is 2.79. The molecule has 134 valence electrons. The zero-order chi connectivity index (χ0) is 17.4. The van der Waals surface area contributed by atoms with Crippen LogP contribution in [-0.2, 0) is 16.0 Å². The summed E-state index contributed by atoms with van der Waals surface area (Å²) < 4.78 is 0. The lowest BCUT2D eigenvalue weighted by molar-refractivity contribution is -0.146. The van der Waals surface area contributed by atoms with Crippen molar-refractivity contribution in [2.45, 2.75) is 45.4 Å². The van der Waals surface area contributed by atoms with Crippen molar-refractivity contribution in [2.75, 3.05) is 26.2 Å². The largest absolute Gasteiger partial charge is 0.342 e. The number of amides is 2. The molecular weight excluding hydrogens is 312 g/mol. The zero-order valence-electron chi connectivity index (χ0n) is 15.2. The average Bonchev–Trinajstić information content (AvgIpc) is 3.32. The molecular formula is C21H28N2O2. The van der Waals surface area contributed by atoms with Gasteiger partial charge in [0.05, 0.1) is 11.8 Å². The van der Waals surface area contributed by atoms with E-state index in [0.29, 0.717) is 18.9 Å². The van der Waals surface area contributed by atoms with Crippen molar-refractivity contribution in [2.24, 2.45) is 11.3 Å². The fraction of sp³-hybridized carbons (Fsp3) is 0.619. The van der Waals surface area contributed by atoms with Crippen LogP contribution < -0.4 is 0 Å². The average molecular weight is 340 g/mol. The van der Waals surface area contributed by atoms with Crippen molar-refractivity contribution in [1.29, 1.82) is 0 Å². The molecule has 1 aromatic rings. The van der Waals surface area contributed by atoms with Gasteiger partial charge in [0.2, 0.25) is 11.8 Å². The highest BCUT2D eigenvalue weighted by Gasteiger charge is 2.49. The molecule has 25 heavy (non-hydrogen) atoms. The molecule has 2 amide bonds. The second kappa shape index (κ2) is 6.47. The SMILES string of the molecule is Cc1ccccc1CC(=O)N1CCC2(CCCN(CC3CC3)C2=O)C1. The Labute approximate surface area is 150 Å². The summed E-state index contributed by atoms with van der Waals surface area (Å²) in [5.74, 6) is 1.22. The molecule has 4 rings (SSSR count). The molecule has 1 aromatic carbocycles. The molecule has 0 N–H and O–H groups in total. The normalized spacial score (nSPS) is 26.5. The Morgan fingerprint density at radius 3 is 2.76 bits per heavy atom. The molecule has 2 heterocycles. The lowest BCUT2D eigenvalue weighted by atomic mass is 9.78. The highest BCUT2D eigenvalue weighted by atomic mass is 16.2. The Hall–Kier alpha value is -1.84. The van der Waals surface area contributed by atoms with Gasteiger partial charge >= 0.3 is 0 Å². The van der Waals surface area contributed by atoms with E-state index in [-0.39, 0.29) is 11.3 Å². The van der Waals surface area contributed by atoms with E-state index in [9.17, 15) is 9.59 Å². The monoisotopic (exact) mass is 340 g/mol. The van der Waals surface area contributed by atoms with Gasteiger partial charge in [0.25, 0.3) is 0 Å². The molecule has 3 aliphatic rings. The molecule has 1 saturated carbocycles. The van der Waals surface area contributed by atoms with E-state index in [1.807, 2.05) is 23.1 Å². The summed E-state index contributed by atoms with van der Waals surface area (Å²) in [7, 11) is 0. The lowest BCUT2D eigenvalue weighted by Crippen LogP contribution is -2.51. The van der Waals surface area contributed by atoms with Crippen molar-refractivity contribution in [3.63, 3.8) is 0 Å². The molecule has 4 nitrogen and oxygen atoms in total. The van der Waals surface area contributed by atoms with Crippen LogP contribution in [0.5, 0.6) is 0 Å². The number of benzene rings is 1. The van der Waals surface area contributed by atoms with Crippen molar-refractivity contribution in [3.8, 4) is 0 Å². The van der Waals surface area contributed by atoms with Crippen LogP contribution in [0.3, 0.4) is 0 Å². The quantitative estimate of drug-likeness (QED) is 0.846. The van der Waals surface area contributed by atoms with Gasteiger partial charge in [-0.3, -0.25) is 9.59 Å². The van der Waals surface area contributed by atoms with Gasteiger partial charge in [-0.1, -0.05) is 24.3 Å². The molecule has 4 heteroatoms. The van der Waals surface area contributed by atoms with E-state index in [0.717, 1.165) is 55.9 Å². The highest BCUT2D eigenvalue weighted by Crippen LogP contribution is 2.41. The number of carbonyl (C=O) groups is 2. The van der Waals surface area contributed by atoms with Gasteiger partial charge in [-0.15, -0.1) is 0 Å². The van der Waals surface area contributed by atoms with Crippen LogP contribution in [0.2, 0.25) is 0 Å². The minimum atomic E-state index is -0.297. The molecule has 0 radical (unpaired) electrons. The van der Waals surface area contributed by atoms with Gasteiger partial charge in [-0.2, -0.15) is 0 Å². The van der Waals surface area contributed by atoms with Gasteiger partial charge in [-0.05, 0) is 56.1 Å². The van der Waals surface area contributed by atoms with E-state index < -0.39 is 0 Å². The third-order valence-electron chi connectivity index (χ3n) is 6.31. The van der Waals surface area contributed by atoms with Crippen LogP contribution in [0.4, 0.5) is 0 Å². The molecule has 2 saturated heterocycles. The Bertz CT molecular complexity index is 682. The van der Waals surface area contributed by atoms with Crippen molar-refractivity contribution in [1.82, 2.24) is 9.80 Å². The number of piperidine rings is 1. The first kappa shape index (κ1) is 16.6. The van der Waals surface area contributed by atoms with E-state index in [2.05, 4.69) is 17.9 Å². The summed E-state index contributed by atoms with van der Waals surface area (Å²) >= 11 is 0. The second-order valence-corrected chi connectivity index (χ2v) is 8.25. The number of hydrogen-bond acceptors (Lipinski definition) is 2. The number of nitrogens with zero attached hydrogens (tertiary/aromatic N) is 2. The maximum Gasteiger partial charge on any atom is 0.230 e. The van der Waals surface area contributed by atoms with E-state index >= 15 is 0 Å². The van der Waals surface area contributed by atoms with E-state index in [1.54, 1.807) is 0 Å². The first-order valence-electron chi connectivity index (χ1n) is 9.69. The van der Waals surface area contributed by atoms with Gasteiger partial charge < -0.3 is 9.80 Å². The number of carbonyl (C=O) groups excluding carboxylic acids is 2. The Morgan fingerprint density at radius 2 is 2.00 bits per heavy atom. The molecule has 1 unspecified atom stereocenters. The second-order valence-electron chi connectivity index (χ2n) is 8.25. The summed E-state index contributed by atoms with van der Waals surface area (Å²) in [5, 5.41) is 0. The Kier molecular flexibility index (Phi) is 4.30. The van der Waals surface area contributed by atoms with Crippen LogP contribution in [0.1, 0.15) is 43.2 Å². The van der Waals surface area contributed by atoms with Crippen molar-refractivity contribution >= 4 is 11.8 Å². The first-order valence-corrected chi connectivity index (χ1v) is 9.69. The van der Waals surface area contributed by atoms with Crippen LogP contribution in [-0.4, -0.2) is 47.8 Å². The predicted molar refractivity (Wildman–Crippen MR) is 97.1 cm³/mol. The van der Waals surface area contributed by atoms with E-state index in [1.165, 1.54) is 12.8 Å². The maximum atomic E-state index is 13.1. The third-order valence-corrected chi connectivity index (χ3v) is 6.31. The number of hydrogen-bond donors (Lipinski definition) is 0. The molecule has 1 aliphatic carbocycles. The summed E-state index contributed by atoms with van der Waals surface area (Å²) in [4.78, 5) is 29.9. The number of aryl methyl sites for hydroxylation is 1. The molecule has 1 atom stereocenters. The fourth-order valence-electron chi connectivity index (χ4n) is 4.49. The summed E-state index contributed by atoms with van der Waals surface area (Å²) in [6.45, 7) is 5.26. The maximum absolute atomic E-state index is 13.1. The van der Waals surface area contributed by atoms with Crippen LogP contribution in [0, 0.1) is 18.3 Å². The zero-order valence-corrected chi connectivity index (χ0v) is 15.2. The highest BCUT2D eigenvalue weighted by molar-refractivity contribution is 5.86. The standard InChI is InChI=1S/C21H28N2O2/c1-16-5-2-3-6-18(16)13-19(24)23-12-10-21(15-23)9-4-11-22(20(21)25)14-17-7-8-17/h2-3,5-6,17H,4,7-15H2,1H3. The molecule has 3 fully saturated rings. The number of rotatable bonds is 4. The fourth-order valence-corrected chi connectivity index (χ4v) is 4.49. The van der Waals surface area contributed by atoms with Gasteiger partial charge in [0.1, 0.15) is 0 Å². The summed E-state index contributed by atoms with van der Waals surface area (Å²) in [6, 6.07) is 8.07. The van der Waals surface area contributed by atoms with Crippen LogP contribution in [0.15, 0.2) is 24.3 Å². The molecule has 1 spiro atoms. The first-order chi connectivity index (χ1) is 12.1. The van der Waals surface area contributed by atoms with Crippen LogP contribution >= 0.6 is 0 Å². The molecule has 0 bridgehead atoms. The topological polar surface area (TPSA) is 40.6 Å². The Morgan fingerprint density at radius 1 is 1.20 bits per heavy atom. The van der Waals surface area contributed by atoms with Gasteiger partial charge in [-0.25, -0.2) is 0 Å². The van der Waals surface area contributed by atoms with Crippen LogP contribution in [0.25, 0.3) is 0 Å². The smallest absolute Gasteiger partial charge is 0.230 e. The summed E-state index contributed by atoms with van der Waals surface area (Å²) in [6.07, 6.45) is 5.87. The Balaban J connectivity index is 1.42. The van der Waals surface area contributed by atoms with Crippen molar-refractivity contribution in [3.05, 3.63) is 35.4 Å². The van der Waals surface area contributed by atoms with E-state index in [4.69, 9.17) is 0 Å². The summed E-state index contributed by atoms with van der Waals surface area (Å²) in [5.41, 5.74) is 1.96.